The van der Waals surface area contributed by atoms with Crippen molar-refractivity contribution in [1.82, 2.24) is 4.57 Å². The average Bonchev–Trinajstić information content (AvgIpc) is 3.69. The molecule has 2 heterocycles. The van der Waals surface area contributed by atoms with Crippen LogP contribution in [0.5, 0.6) is 0 Å². The number of furan rings is 1. The molecule has 0 saturated carbocycles. The Morgan fingerprint density at radius 1 is 0.333 bits per heavy atom. The first kappa shape index (κ1) is 26.8. The number of benzene rings is 8. The third-order valence-electron chi connectivity index (χ3n) is 9.80. The fourth-order valence-corrected chi connectivity index (χ4v) is 7.56. The molecule has 0 unspecified atom stereocenters. The van der Waals surface area contributed by atoms with E-state index in [9.17, 15) is 0 Å². The van der Waals surface area contributed by atoms with E-state index in [4.69, 9.17) is 4.42 Å². The summed E-state index contributed by atoms with van der Waals surface area (Å²) in [4.78, 5) is 0. The summed E-state index contributed by atoms with van der Waals surface area (Å²) in [5.41, 5.74) is 12.6. The van der Waals surface area contributed by atoms with E-state index in [2.05, 4.69) is 168 Å². The zero-order chi connectivity index (χ0) is 31.6. The first-order valence-electron chi connectivity index (χ1n) is 16.4. The van der Waals surface area contributed by atoms with Gasteiger partial charge in [0, 0.05) is 27.1 Å². The SMILES string of the molecule is c1cc(-c2ccc3oc4ccccc4c3c2)cc(-c2ccccc2-n2c3ccccc3c3cc(-c4cccc5ccccc45)ccc32)c1. The lowest BCUT2D eigenvalue weighted by atomic mass is 9.96. The van der Waals surface area contributed by atoms with E-state index in [1.54, 1.807) is 0 Å². The van der Waals surface area contributed by atoms with E-state index in [0.717, 1.165) is 27.6 Å². The van der Waals surface area contributed by atoms with Crippen LogP contribution in [0.2, 0.25) is 0 Å². The number of hydrogen-bond acceptors (Lipinski definition) is 1. The van der Waals surface area contributed by atoms with Gasteiger partial charge in [0.15, 0.2) is 0 Å². The van der Waals surface area contributed by atoms with Gasteiger partial charge < -0.3 is 8.98 Å². The predicted octanol–water partition coefficient (Wildman–Crippen LogP) is 12.8. The summed E-state index contributed by atoms with van der Waals surface area (Å²) < 4.78 is 8.55. The summed E-state index contributed by atoms with van der Waals surface area (Å²) in [7, 11) is 0. The van der Waals surface area contributed by atoms with Crippen molar-refractivity contribution in [2.75, 3.05) is 0 Å². The second kappa shape index (κ2) is 10.6. The molecule has 0 saturated heterocycles. The third-order valence-corrected chi connectivity index (χ3v) is 9.80. The number of nitrogens with zero attached hydrogens (tertiary/aromatic N) is 1. The molecule has 0 atom stereocenters. The molecule has 2 heteroatoms. The minimum Gasteiger partial charge on any atom is -0.456 e. The molecular weight excluding hydrogens is 583 g/mol. The Balaban J connectivity index is 1.14. The van der Waals surface area contributed by atoms with Gasteiger partial charge in [-0.15, -0.1) is 0 Å². The fraction of sp³-hybridized carbons (Fsp3) is 0. The Kier molecular flexibility index (Phi) is 5.91. The Bertz CT molecular complexity index is 2840. The molecule has 0 N–H and O–H groups in total. The average molecular weight is 612 g/mol. The summed E-state index contributed by atoms with van der Waals surface area (Å²) >= 11 is 0. The highest BCUT2D eigenvalue weighted by atomic mass is 16.3. The maximum atomic E-state index is 6.11. The summed E-state index contributed by atoms with van der Waals surface area (Å²) in [5, 5.41) is 7.31. The van der Waals surface area contributed by atoms with E-state index in [-0.39, 0.29) is 0 Å². The van der Waals surface area contributed by atoms with Crippen LogP contribution < -0.4 is 0 Å². The lowest BCUT2D eigenvalue weighted by Gasteiger charge is -2.15. The van der Waals surface area contributed by atoms with Gasteiger partial charge >= 0.3 is 0 Å². The van der Waals surface area contributed by atoms with Crippen LogP contribution in [0.3, 0.4) is 0 Å². The van der Waals surface area contributed by atoms with Gasteiger partial charge in [-0.25, -0.2) is 0 Å². The number of fused-ring (bicyclic) bond motifs is 7. The molecule has 0 radical (unpaired) electrons. The van der Waals surface area contributed by atoms with Crippen LogP contribution in [0.25, 0.3) is 93.6 Å². The van der Waals surface area contributed by atoms with Crippen molar-refractivity contribution in [3.05, 3.63) is 176 Å². The van der Waals surface area contributed by atoms with Crippen molar-refractivity contribution in [1.29, 1.82) is 0 Å². The maximum absolute atomic E-state index is 6.11. The van der Waals surface area contributed by atoms with Crippen LogP contribution in [-0.2, 0) is 0 Å². The first-order chi connectivity index (χ1) is 23.8. The monoisotopic (exact) mass is 611 g/mol. The molecule has 0 aliphatic carbocycles. The van der Waals surface area contributed by atoms with Gasteiger partial charge in [0.25, 0.3) is 0 Å². The first-order valence-corrected chi connectivity index (χ1v) is 16.4. The normalized spacial score (nSPS) is 11.8. The van der Waals surface area contributed by atoms with Gasteiger partial charge in [0.2, 0.25) is 0 Å². The largest absolute Gasteiger partial charge is 0.456 e. The van der Waals surface area contributed by atoms with Crippen molar-refractivity contribution in [3.63, 3.8) is 0 Å². The molecule has 0 bridgehead atoms. The minimum atomic E-state index is 0.913. The van der Waals surface area contributed by atoms with E-state index in [1.807, 2.05) is 12.1 Å². The summed E-state index contributed by atoms with van der Waals surface area (Å²) in [5.74, 6) is 0. The molecule has 2 aromatic heterocycles. The Morgan fingerprint density at radius 2 is 0.938 bits per heavy atom. The molecule has 0 aliphatic rings. The van der Waals surface area contributed by atoms with E-state index >= 15 is 0 Å². The standard InChI is InChI=1S/C46H29NO/c1-2-15-35-30(11-1)12-10-19-36(35)34-23-25-44-40(29-34)38-17-4-7-21-43(38)47(44)42-20-6-3-16-37(42)33-14-9-13-31(27-33)32-24-26-46-41(28-32)39-18-5-8-22-45(39)48-46/h1-29H. The highest BCUT2D eigenvalue weighted by Crippen LogP contribution is 2.40. The molecule has 0 aliphatic heterocycles. The summed E-state index contributed by atoms with van der Waals surface area (Å²) in [6.07, 6.45) is 0. The lowest BCUT2D eigenvalue weighted by Crippen LogP contribution is -1.97. The van der Waals surface area contributed by atoms with Gasteiger partial charge in [0.1, 0.15) is 11.2 Å². The van der Waals surface area contributed by atoms with E-state index < -0.39 is 0 Å². The Labute approximate surface area is 277 Å². The van der Waals surface area contributed by atoms with Gasteiger partial charge in [-0.05, 0) is 87.1 Å². The van der Waals surface area contributed by atoms with Crippen LogP contribution in [0, 0.1) is 0 Å². The number of hydrogen-bond donors (Lipinski definition) is 0. The molecule has 224 valence electrons. The summed E-state index contributed by atoms with van der Waals surface area (Å²) in [6.45, 7) is 0. The molecular formula is C46H29NO. The van der Waals surface area contributed by atoms with Gasteiger partial charge in [-0.3, -0.25) is 0 Å². The van der Waals surface area contributed by atoms with Crippen LogP contribution in [0.15, 0.2) is 180 Å². The van der Waals surface area contributed by atoms with Gasteiger partial charge in [-0.2, -0.15) is 0 Å². The van der Waals surface area contributed by atoms with Crippen molar-refractivity contribution in [2.24, 2.45) is 0 Å². The lowest BCUT2D eigenvalue weighted by molar-refractivity contribution is 0.669. The fourth-order valence-electron chi connectivity index (χ4n) is 7.56. The molecule has 0 fully saturated rings. The number of rotatable bonds is 4. The summed E-state index contributed by atoms with van der Waals surface area (Å²) in [6, 6.07) is 63.4. The third kappa shape index (κ3) is 4.13. The molecule has 10 aromatic rings. The smallest absolute Gasteiger partial charge is 0.135 e. The topological polar surface area (TPSA) is 18.1 Å². The van der Waals surface area contributed by atoms with Crippen LogP contribution in [0.4, 0.5) is 0 Å². The zero-order valence-electron chi connectivity index (χ0n) is 26.1. The van der Waals surface area contributed by atoms with E-state index in [1.165, 1.54) is 66.0 Å². The molecule has 48 heavy (non-hydrogen) atoms. The van der Waals surface area contributed by atoms with Crippen molar-refractivity contribution < 1.29 is 4.42 Å². The second-order valence-electron chi connectivity index (χ2n) is 12.5. The van der Waals surface area contributed by atoms with Crippen molar-refractivity contribution >= 4 is 54.5 Å². The predicted molar refractivity (Wildman–Crippen MR) is 202 cm³/mol. The number of para-hydroxylation sites is 3. The highest BCUT2D eigenvalue weighted by Gasteiger charge is 2.17. The van der Waals surface area contributed by atoms with Crippen LogP contribution >= 0.6 is 0 Å². The zero-order valence-corrected chi connectivity index (χ0v) is 26.1. The molecule has 2 nitrogen and oxygen atoms in total. The van der Waals surface area contributed by atoms with Crippen molar-refractivity contribution in [3.8, 4) is 39.1 Å². The number of aromatic nitrogens is 1. The second-order valence-corrected chi connectivity index (χ2v) is 12.5. The minimum absolute atomic E-state index is 0.913. The Morgan fingerprint density at radius 3 is 1.90 bits per heavy atom. The molecule has 0 spiro atoms. The maximum Gasteiger partial charge on any atom is 0.135 e. The van der Waals surface area contributed by atoms with Gasteiger partial charge in [-0.1, -0.05) is 127 Å². The molecule has 8 aromatic carbocycles. The van der Waals surface area contributed by atoms with Crippen LogP contribution in [-0.4, -0.2) is 4.57 Å². The quantitative estimate of drug-likeness (QED) is 0.194. The van der Waals surface area contributed by atoms with Gasteiger partial charge in [0.05, 0.1) is 16.7 Å². The van der Waals surface area contributed by atoms with Crippen LogP contribution in [0.1, 0.15) is 0 Å². The highest BCUT2D eigenvalue weighted by molar-refractivity contribution is 6.12. The van der Waals surface area contributed by atoms with Crippen molar-refractivity contribution in [2.45, 2.75) is 0 Å². The Hall–Kier alpha value is -6.38. The van der Waals surface area contributed by atoms with E-state index in [0.29, 0.717) is 0 Å². The molecule has 0 amide bonds. The molecule has 10 rings (SSSR count).